The predicted octanol–water partition coefficient (Wildman–Crippen LogP) is 1.00. The van der Waals surface area contributed by atoms with Gasteiger partial charge in [0.05, 0.1) is 4.90 Å². The van der Waals surface area contributed by atoms with Crippen LogP contribution in [-0.4, -0.2) is 31.0 Å². The monoisotopic (exact) mass is 317 g/mol. The van der Waals surface area contributed by atoms with Crippen LogP contribution in [-0.2, 0) is 20.2 Å². The Labute approximate surface area is 115 Å². The predicted molar refractivity (Wildman–Crippen MR) is 68.1 cm³/mol. The molecule has 0 fully saturated rings. The summed E-state index contributed by atoms with van der Waals surface area (Å²) < 4.78 is 65.0. The second-order valence-corrected chi connectivity index (χ2v) is 6.93. The fraction of sp³-hybridized carbons (Fsp3) is 0.0909. The van der Waals surface area contributed by atoms with Crippen LogP contribution in [0, 0.1) is 6.92 Å². The minimum absolute atomic E-state index is 0.0418. The van der Waals surface area contributed by atoms with Crippen molar-refractivity contribution in [1.29, 1.82) is 0 Å². The van der Waals surface area contributed by atoms with Gasteiger partial charge in [0.2, 0.25) is 0 Å². The van der Waals surface area contributed by atoms with Crippen LogP contribution < -0.4 is 0 Å². The van der Waals surface area contributed by atoms with Crippen molar-refractivity contribution in [1.82, 2.24) is 0 Å². The average Bonchev–Trinajstić information content (AvgIpc) is 2.30. The van der Waals surface area contributed by atoms with E-state index in [0.29, 0.717) is 6.07 Å². The molecular formula is C11H9O7S2-. The maximum absolute atomic E-state index is 11.4. The molecule has 0 aromatic heterocycles. The van der Waals surface area contributed by atoms with Crippen LogP contribution in [0.15, 0.2) is 34.1 Å². The van der Waals surface area contributed by atoms with Crippen molar-refractivity contribution in [2.24, 2.45) is 0 Å². The number of benzene rings is 2. The molecule has 2 rings (SSSR count). The van der Waals surface area contributed by atoms with E-state index in [2.05, 4.69) is 0 Å². The molecule has 0 aliphatic carbocycles. The van der Waals surface area contributed by atoms with Crippen molar-refractivity contribution >= 4 is 31.0 Å². The van der Waals surface area contributed by atoms with Crippen molar-refractivity contribution in [2.45, 2.75) is 16.7 Å². The van der Waals surface area contributed by atoms with Gasteiger partial charge in [0.25, 0.3) is 10.1 Å². The quantitative estimate of drug-likeness (QED) is 0.790. The molecule has 2 N–H and O–H groups in total. The normalized spacial score (nSPS) is 12.8. The Morgan fingerprint density at radius 1 is 1.10 bits per heavy atom. The Kier molecular flexibility index (Phi) is 3.25. The first-order chi connectivity index (χ1) is 9.01. The van der Waals surface area contributed by atoms with Gasteiger partial charge in [0.1, 0.15) is 20.8 Å². The molecule has 7 nitrogen and oxygen atoms in total. The smallest absolute Gasteiger partial charge is 0.295 e. The molecule has 108 valence electrons. The highest BCUT2D eigenvalue weighted by atomic mass is 32.2. The first kappa shape index (κ1) is 14.7. The first-order valence-electron chi connectivity index (χ1n) is 5.21. The SMILES string of the molecule is Cc1c(O)ccc2cc(S(=O)(=O)[O-])cc(S(=O)(=O)O)c12. The highest BCUT2D eigenvalue weighted by Crippen LogP contribution is 2.33. The number of phenolic OH excluding ortho intramolecular Hbond substituents is 1. The van der Waals surface area contributed by atoms with Gasteiger partial charge in [-0.2, -0.15) is 8.42 Å². The maximum atomic E-state index is 11.4. The Hall–Kier alpha value is -1.68. The van der Waals surface area contributed by atoms with Crippen LogP contribution >= 0.6 is 0 Å². The fourth-order valence-electron chi connectivity index (χ4n) is 1.91. The zero-order valence-corrected chi connectivity index (χ0v) is 11.7. The summed E-state index contributed by atoms with van der Waals surface area (Å²) in [5.74, 6) is -0.222. The van der Waals surface area contributed by atoms with Gasteiger partial charge in [0, 0.05) is 5.39 Å². The van der Waals surface area contributed by atoms with Gasteiger partial charge in [0.15, 0.2) is 0 Å². The Balaban J connectivity index is 3.10. The number of hydrogen-bond donors (Lipinski definition) is 2. The van der Waals surface area contributed by atoms with E-state index in [0.717, 1.165) is 6.07 Å². The van der Waals surface area contributed by atoms with Crippen LogP contribution in [0.1, 0.15) is 5.56 Å². The van der Waals surface area contributed by atoms with E-state index in [4.69, 9.17) is 0 Å². The Morgan fingerprint density at radius 3 is 2.20 bits per heavy atom. The molecule has 0 heterocycles. The summed E-state index contributed by atoms with van der Waals surface area (Å²) in [6.07, 6.45) is 0. The lowest BCUT2D eigenvalue weighted by Crippen LogP contribution is -2.05. The second kappa shape index (κ2) is 4.42. The first-order valence-corrected chi connectivity index (χ1v) is 8.06. The number of aromatic hydroxyl groups is 1. The molecule has 0 radical (unpaired) electrons. The van der Waals surface area contributed by atoms with Gasteiger partial charge in [-0.3, -0.25) is 4.55 Å². The van der Waals surface area contributed by atoms with E-state index in [1.807, 2.05) is 0 Å². The van der Waals surface area contributed by atoms with Gasteiger partial charge in [-0.1, -0.05) is 6.07 Å². The Morgan fingerprint density at radius 2 is 1.70 bits per heavy atom. The lowest BCUT2D eigenvalue weighted by atomic mass is 10.0. The highest BCUT2D eigenvalue weighted by Gasteiger charge is 2.20. The molecule has 0 unspecified atom stereocenters. The summed E-state index contributed by atoms with van der Waals surface area (Å²) in [5, 5.41) is 9.64. The van der Waals surface area contributed by atoms with E-state index in [1.165, 1.54) is 19.1 Å². The Bertz CT molecular complexity index is 911. The number of phenols is 1. The van der Waals surface area contributed by atoms with E-state index in [-0.39, 0.29) is 22.1 Å². The number of hydrogen-bond acceptors (Lipinski definition) is 6. The molecule has 9 heteroatoms. The van der Waals surface area contributed by atoms with Crippen LogP contribution in [0.5, 0.6) is 5.75 Å². The lowest BCUT2D eigenvalue weighted by Gasteiger charge is -2.13. The summed E-state index contributed by atoms with van der Waals surface area (Å²) in [7, 11) is -9.65. The van der Waals surface area contributed by atoms with Crippen molar-refractivity contribution in [3.8, 4) is 5.75 Å². The molecular weight excluding hydrogens is 308 g/mol. The molecule has 0 amide bonds. The summed E-state index contributed by atoms with van der Waals surface area (Å²) in [6, 6.07) is 4.04. The third kappa shape index (κ3) is 2.48. The molecule has 0 aliphatic heterocycles. The van der Waals surface area contributed by atoms with E-state index >= 15 is 0 Å². The van der Waals surface area contributed by atoms with Gasteiger partial charge in [-0.15, -0.1) is 0 Å². The van der Waals surface area contributed by atoms with Crippen LogP contribution in [0.25, 0.3) is 10.8 Å². The largest absolute Gasteiger partial charge is 0.744 e. The van der Waals surface area contributed by atoms with Crippen LogP contribution in [0.2, 0.25) is 0 Å². The van der Waals surface area contributed by atoms with E-state index in [1.54, 1.807) is 0 Å². The van der Waals surface area contributed by atoms with Crippen LogP contribution in [0.4, 0.5) is 0 Å². The number of rotatable bonds is 2. The minimum atomic E-state index is -4.89. The standard InChI is InChI=1S/C11H10O7S2/c1-6-9(12)3-2-7-4-8(19(13,14)15)5-10(11(6)7)20(16,17)18/h2-5,12H,1H3,(H,13,14,15)(H,16,17,18)/p-1. The van der Waals surface area contributed by atoms with Gasteiger partial charge < -0.3 is 9.66 Å². The zero-order chi connectivity index (χ0) is 15.3. The molecule has 2 aromatic rings. The highest BCUT2D eigenvalue weighted by molar-refractivity contribution is 7.86. The average molecular weight is 317 g/mol. The maximum Gasteiger partial charge on any atom is 0.295 e. The topological polar surface area (TPSA) is 132 Å². The van der Waals surface area contributed by atoms with Crippen molar-refractivity contribution < 1.29 is 31.0 Å². The summed E-state index contributed by atoms with van der Waals surface area (Å²) >= 11 is 0. The van der Waals surface area contributed by atoms with Gasteiger partial charge >= 0.3 is 0 Å². The number of aryl methyl sites for hydroxylation is 1. The van der Waals surface area contributed by atoms with E-state index < -0.39 is 30.0 Å². The zero-order valence-electron chi connectivity index (χ0n) is 10.1. The third-order valence-corrected chi connectivity index (χ3v) is 4.54. The number of fused-ring (bicyclic) bond motifs is 1. The summed E-state index contributed by atoms with van der Waals surface area (Å²) in [6.45, 7) is 1.40. The summed E-state index contributed by atoms with van der Waals surface area (Å²) in [5.41, 5.74) is 0.143. The molecule has 0 saturated carbocycles. The molecule has 2 aromatic carbocycles. The minimum Gasteiger partial charge on any atom is -0.744 e. The molecule has 0 atom stereocenters. The molecule has 0 bridgehead atoms. The van der Waals surface area contributed by atoms with Crippen molar-refractivity contribution in [3.63, 3.8) is 0 Å². The molecule has 0 aliphatic rings. The lowest BCUT2D eigenvalue weighted by molar-refractivity contribution is 0.463. The van der Waals surface area contributed by atoms with Crippen LogP contribution in [0.3, 0.4) is 0 Å². The molecule has 20 heavy (non-hydrogen) atoms. The molecule has 0 spiro atoms. The van der Waals surface area contributed by atoms with Gasteiger partial charge in [-0.05, 0) is 36.1 Å². The fourth-order valence-corrected chi connectivity index (χ4v) is 3.33. The van der Waals surface area contributed by atoms with E-state index in [9.17, 15) is 31.0 Å². The molecule has 0 saturated heterocycles. The second-order valence-electron chi connectivity index (χ2n) is 4.16. The van der Waals surface area contributed by atoms with Crippen molar-refractivity contribution in [2.75, 3.05) is 0 Å². The van der Waals surface area contributed by atoms with Gasteiger partial charge in [-0.25, -0.2) is 8.42 Å². The van der Waals surface area contributed by atoms with Crippen molar-refractivity contribution in [3.05, 3.63) is 29.8 Å². The summed E-state index contributed by atoms with van der Waals surface area (Å²) in [4.78, 5) is -1.51. The third-order valence-electron chi connectivity index (χ3n) is 2.85.